The summed E-state index contributed by atoms with van der Waals surface area (Å²) in [5, 5.41) is 0. The molecule has 1 radical (unpaired) electrons. The van der Waals surface area contributed by atoms with E-state index in [2.05, 4.69) is 7.28 Å². The molecule has 8 heavy (non-hydrogen) atoms. The van der Waals surface area contributed by atoms with Gasteiger partial charge >= 0.3 is 0 Å². The van der Waals surface area contributed by atoms with Crippen molar-refractivity contribution in [2.45, 2.75) is 31.5 Å². The van der Waals surface area contributed by atoms with Gasteiger partial charge in [0.25, 0.3) is 0 Å². The second-order valence-corrected chi connectivity index (χ2v) is 3.20. The van der Waals surface area contributed by atoms with Gasteiger partial charge in [0.1, 0.15) is 7.28 Å². The van der Waals surface area contributed by atoms with E-state index in [1.165, 1.54) is 25.5 Å². The van der Waals surface area contributed by atoms with E-state index in [-0.39, 0.29) is 0 Å². The monoisotopic (exact) mass is 108 g/mol. The summed E-state index contributed by atoms with van der Waals surface area (Å²) >= 11 is 0. The molecule has 2 N–H and O–H groups in total. The van der Waals surface area contributed by atoms with Gasteiger partial charge in [0.2, 0.25) is 0 Å². The Labute approximate surface area is 50.9 Å². The van der Waals surface area contributed by atoms with Crippen LogP contribution in [-0.4, -0.2) is 13.3 Å². The summed E-state index contributed by atoms with van der Waals surface area (Å²) in [6, 6.07) is 0.557. The first-order chi connectivity index (χ1) is 3.83. The lowest BCUT2D eigenvalue weighted by atomic mass is 9.75. The van der Waals surface area contributed by atoms with Crippen LogP contribution in [0.5, 0.6) is 0 Å². The van der Waals surface area contributed by atoms with Crippen LogP contribution in [0.15, 0.2) is 0 Å². The van der Waals surface area contributed by atoms with Crippen LogP contribution in [0.1, 0.15) is 12.8 Å². The molecule has 0 amide bonds. The summed E-state index contributed by atoms with van der Waals surface area (Å²) in [5.41, 5.74) is 6.37. The van der Waals surface area contributed by atoms with E-state index < -0.39 is 0 Å². The fourth-order valence-electron chi connectivity index (χ4n) is 1.78. The van der Waals surface area contributed by atoms with Crippen LogP contribution in [0.2, 0.25) is 12.6 Å². The van der Waals surface area contributed by atoms with Crippen molar-refractivity contribution in [3.63, 3.8) is 0 Å². The molecule has 1 aliphatic carbocycles. The molecule has 1 nitrogen and oxygen atoms in total. The van der Waals surface area contributed by atoms with Crippen molar-refractivity contribution >= 4 is 7.28 Å². The summed E-state index contributed by atoms with van der Waals surface area (Å²) in [6.07, 6.45) is 5.28. The van der Waals surface area contributed by atoms with Gasteiger partial charge in [-0.2, -0.15) is 0 Å². The third-order valence-corrected chi connectivity index (χ3v) is 2.65. The molecule has 0 aromatic rings. The minimum atomic E-state index is 0.557. The molecule has 2 aliphatic rings. The predicted octanol–water partition coefficient (Wildman–Crippen LogP) is 0.648. The highest BCUT2D eigenvalue weighted by atomic mass is 14.8. The summed E-state index contributed by atoms with van der Waals surface area (Å²) in [7, 11) is 2.38. The van der Waals surface area contributed by atoms with Crippen molar-refractivity contribution in [3.05, 3.63) is 0 Å². The van der Waals surface area contributed by atoms with Gasteiger partial charge < -0.3 is 5.73 Å². The first-order valence-electron chi connectivity index (χ1n) is 3.41. The zero-order valence-electron chi connectivity index (χ0n) is 5.06. The average molecular weight is 108 g/mol. The SMILES string of the molecule is NC1CC12C[B]CC2. The topological polar surface area (TPSA) is 26.0 Å². The zero-order valence-corrected chi connectivity index (χ0v) is 5.06. The number of rotatable bonds is 0. The summed E-state index contributed by atoms with van der Waals surface area (Å²) in [5.74, 6) is 0. The van der Waals surface area contributed by atoms with Gasteiger partial charge in [0, 0.05) is 6.04 Å². The number of hydrogen-bond donors (Lipinski definition) is 1. The molecule has 0 bridgehead atoms. The lowest BCUT2D eigenvalue weighted by Crippen LogP contribution is -2.09. The Bertz CT molecular complexity index is 107. The molecular weight excluding hydrogens is 96.9 g/mol. The van der Waals surface area contributed by atoms with E-state index in [9.17, 15) is 0 Å². The quantitative estimate of drug-likeness (QED) is 0.453. The molecule has 0 aromatic heterocycles. The Balaban J connectivity index is 2.06. The molecule has 0 aromatic carbocycles. The molecule has 1 saturated carbocycles. The Morgan fingerprint density at radius 2 is 2.38 bits per heavy atom. The van der Waals surface area contributed by atoms with Crippen LogP contribution in [-0.2, 0) is 0 Å². The lowest BCUT2D eigenvalue weighted by Gasteiger charge is -2.02. The smallest absolute Gasteiger partial charge is 0.110 e. The first kappa shape index (κ1) is 4.86. The second-order valence-electron chi connectivity index (χ2n) is 3.20. The van der Waals surface area contributed by atoms with Gasteiger partial charge in [0.05, 0.1) is 0 Å². The molecule has 2 rings (SSSR count). The highest BCUT2D eigenvalue weighted by Gasteiger charge is 2.52. The van der Waals surface area contributed by atoms with Crippen molar-refractivity contribution in [2.75, 3.05) is 0 Å². The maximum Gasteiger partial charge on any atom is 0.110 e. The summed E-state index contributed by atoms with van der Waals surface area (Å²) < 4.78 is 0. The van der Waals surface area contributed by atoms with E-state index in [1.54, 1.807) is 0 Å². The second kappa shape index (κ2) is 1.30. The lowest BCUT2D eigenvalue weighted by molar-refractivity contribution is 0.554. The van der Waals surface area contributed by atoms with Crippen LogP contribution < -0.4 is 5.73 Å². The molecule has 2 unspecified atom stereocenters. The van der Waals surface area contributed by atoms with Crippen molar-refractivity contribution in [1.29, 1.82) is 0 Å². The van der Waals surface area contributed by atoms with E-state index in [4.69, 9.17) is 5.73 Å². The van der Waals surface area contributed by atoms with Gasteiger partial charge in [-0.15, -0.1) is 0 Å². The van der Waals surface area contributed by atoms with E-state index in [1.807, 2.05) is 0 Å². The van der Waals surface area contributed by atoms with Crippen molar-refractivity contribution in [2.24, 2.45) is 11.1 Å². The van der Waals surface area contributed by atoms with Gasteiger partial charge in [0.15, 0.2) is 0 Å². The van der Waals surface area contributed by atoms with Gasteiger partial charge in [-0.05, 0) is 11.8 Å². The van der Waals surface area contributed by atoms with E-state index in [0.717, 1.165) is 0 Å². The van der Waals surface area contributed by atoms with Crippen LogP contribution >= 0.6 is 0 Å². The molecular formula is C6H11BN. The van der Waals surface area contributed by atoms with Crippen molar-refractivity contribution in [3.8, 4) is 0 Å². The van der Waals surface area contributed by atoms with Crippen LogP contribution in [0.4, 0.5) is 0 Å². The van der Waals surface area contributed by atoms with Crippen molar-refractivity contribution < 1.29 is 0 Å². The molecule has 43 valence electrons. The molecule has 1 heterocycles. The zero-order chi connectivity index (χ0) is 5.61. The fourth-order valence-corrected chi connectivity index (χ4v) is 1.78. The van der Waals surface area contributed by atoms with Gasteiger partial charge in [-0.25, -0.2) is 0 Å². The largest absolute Gasteiger partial charge is 0.327 e. The molecule has 1 saturated heterocycles. The maximum absolute atomic E-state index is 5.74. The Hall–Kier alpha value is 0.0249. The molecule has 2 fully saturated rings. The molecule has 2 atom stereocenters. The first-order valence-corrected chi connectivity index (χ1v) is 3.41. The Kier molecular flexibility index (Phi) is 0.788. The third kappa shape index (κ3) is 0.468. The third-order valence-electron chi connectivity index (χ3n) is 2.65. The van der Waals surface area contributed by atoms with Crippen molar-refractivity contribution in [1.82, 2.24) is 0 Å². The van der Waals surface area contributed by atoms with E-state index >= 15 is 0 Å². The minimum absolute atomic E-state index is 0.557. The minimum Gasteiger partial charge on any atom is -0.327 e. The van der Waals surface area contributed by atoms with Gasteiger partial charge in [-0.3, -0.25) is 0 Å². The van der Waals surface area contributed by atoms with Gasteiger partial charge in [-0.1, -0.05) is 19.1 Å². The number of nitrogens with two attached hydrogens (primary N) is 1. The highest BCUT2D eigenvalue weighted by molar-refractivity contribution is 6.37. The van der Waals surface area contributed by atoms with Crippen LogP contribution in [0, 0.1) is 5.41 Å². The average Bonchev–Trinajstić information content (AvgIpc) is 2.29. The molecule has 1 spiro atoms. The molecule has 1 aliphatic heterocycles. The highest BCUT2D eigenvalue weighted by Crippen LogP contribution is 2.55. The van der Waals surface area contributed by atoms with Crippen LogP contribution in [0.25, 0.3) is 0 Å². The van der Waals surface area contributed by atoms with Crippen LogP contribution in [0.3, 0.4) is 0 Å². The Morgan fingerprint density at radius 1 is 1.62 bits per heavy atom. The normalized spacial score (nSPS) is 51.9. The summed E-state index contributed by atoms with van der Waals surface area (Å²) in [4.78, 5) is 0. The molecule has 2 heteroatoms. The predicted molar refractivity (Wildman–Crippen MR) is 35.0 cm³/mol. The standard InChI is InChI=1S/C6H11BN/c8-5-3-6(5)1-2-7-4-6/h5H,1-4,8H2. The van der Waals surface area contributed by atoms with E-state index in [0.29, 0.717) is 11.5 Å². The fraction of sp³-hybridized carbons (Fsp3) is 1.00. The Morgan fingerprint density at radius 3 is 2.62 bits per heavy atom. The number of hydrogen-bond acceptors (Lipinski definition) is 1. The maximum atomic E-state index is 5.74. The summed E-state index contributed by atoms with van der Waals surface area (Å²) in [6.45, 7) is 0.